The first-order valence-corrected chi connectivity index (χ1v) is 10.4. The topological polar surface area (TPSA) is 80.5 Å². The zero-order valence-electron chi connectivity index (χ0n) is 17.1. The van der Waals surface area contributed by atoms with Gasteiger partial charge in [0.2, 0.25) is 5.91 Å². The van der Waals surface area contributed by atoms with Crippen LogP contribution in [0.5, 0.6) is 0 Å². The third kappa shape index (κ3) is 4.34. The van der Waals surface area contributed by atoms with Gasteiger partial charge in [0.1, 0.15) is 17.4 Å². The van der Waals surface area contributed by atoms with Crippen molar-refractivity contribution in [2.75, 3.05) is 31.1 Å². The van der Waals surface area contributed by atoms with Crippen molar-refractivity contribution in [1.29, 1.82) is 0 Å². The molecule has 29 heavy (non-hydrogen) atoms. The molecule has 4 rings (SSSR count). The van der Waals surface area contributed by atoms with Gasteiger partial charge in [-0.05, 0) is 45.2 Å². The number of carbonyl (C=O) groups excluding carboxylic acids is 1. The fraction of sp³-hybridized carbons (Fsp3) is 0.500. The molecule has 3 aromatic rings. The highest BCUT2D eigenvalue weighted by atomic mass is 16.5. The number of hydrogen-bond donors (Lipinski definition) is 1. The first-order valence-electron chi connectivity index (χ1n) is 10.4. The number of piperidine rings is 1. The Labute approximate surface area is 170 Å². The molecule has 7 nitrogen and oxygen atoms in total. The molecule has 0 aliphatic carbocycles. The zero-order valence-corrected chi connectivity index (χ0v) is 17.1. The van der Waals surface area contributed by atoms with Gasteiger partial charge in [-0.2, -0.15) is 0 Å². The summed E-state index contributed by atoms with van der Waals surface area (Å²) in [6, 6.07) is 7.88. The van der Waals surface area contributed by atoms with Crippen molar-refractivity contribution in [3.8, 4) is 0 Å². The van der Waals surface area contributed by atoms with E-state index in [4.69, 9.17) is 9.15 Å². The maximum Gasteiger partial charge on any atom is 0.224 e. The molecular weight excluding hydrogens is 368 g/mol. The lowest BCUT2D eigenvalue weighted by Gasteiger charge is -2.32. The molecule has 1 fully saturated rings. The minimum absolute atomic E-state index is 0.0517. The SMILES string of the molecule is CC(C)OCCCNC(=O)C1CCCN(c2ncnc3c2oc2ccccc23)C1. The van der Waals surface area contributed by atoms with Gasteiger partial charge in [-0.1, -0.05) is 12.1 Å². The Morgan fingerprint density at radius 3 is 3.07 bits per heavy atom. The fourth-order valence-electron chi connectivity index (χ4n) is 3.87. The number of benzene rings is 1. The summed E-state index contributed by atoms with van der Waals surface area (Å²) in [5, 5.41) is 4.04. The summed E-state index contributed by atoms with van der Waals surface area (Å²) in [5.41, 5.74) is 2.32. The van der Waals surface area contributed by atoms with Crippen LogP contribution >= 0.6 is 0 Å². The molecule has 0 saturated carbocycles. The molecule has 3 heterocycles. The Morgan fingerprint density at radius 2 is 2.21 bits per heavy atom. The molecule has 1 unspecified atom stereocenters. The van der Waals surface area contributed by atoms with Crippen LogP contribution in [0.4, 0.5) is 5.82 Å². The minimum atomic E-state index is -0.0517. The van der Waals surface area contributed by atoms with Gasteiger partial charge in [0.05, 0.1) is 12.0 Å². The quantitative estimate of drug-likeness (QED) is 0.616. The fourth-order valence-corrected chi connectivity index (χ4v) is 3.87. The number of amides is 1. The van der Waals surface area contributed by atoms with Gasteiger partial charge in [-0.25, -0.2) is 9.97 Å². The van der Waals surface area contributed by atoms with E-state index in [1.807, 2.05) is 38.1 Å². The predicted molar refractivity (Wildman–Crippen MR) is 113 cm³/mol. The number of fused-ring (bicyclic) bond motifs is 3. The van der Waals surface area contributed by atoms with Crippen LogP contribution in [-0.2, 0) is 9.53 Å². The molecule has 1 atom stereocenters. The van der Waals surface area contributed by atoms with Crippen molar-refractivity contribution in [2.45, 2.75) is 39.2 Å². The summed E-state index contributed by atoms with van der Waals surface area (Å²) in [4.78, 5) is 23.7. The van der Waals surface area contributed by atoms with Crippen LogP contribution in [0.2, 0.25) is 0 Å². The molecule has 0 radical (unpaired) electrons. The first kappa shape index (κ1) is 19.6. The smallest absolute Gasteiger partial charge is 0.224 e. The minimum Gasteiger partial charge on any atom is -0.450 e. The van der Waals surface area contributed by atoms with Crippen molar-refractivity contribution in [1.82, 2.24) is 15.3 Å². The number of nitrogens with zero attached hydrogens (tertiary/aromatic N) is 3. The average Bonchev–Trinajstić information content (AvgIpc) is 3.12. The molecule has 1 aromatic carbocycles. The highest BCUT2D eigenvalue weighted by molar-refractivity contribution is 6.05. The maximum atomic E-state index is 12.6. The molecule has 1 N–H and O–H groups in total. The van der Waals surface area contributed by atoms with Crippen molar-refractivity contribution in [3.63, 3.8) is 0 Å². The van der Waals surface area contributed by atoms with Crippen LogP contribution in [0.25, 0.3) is 22.1 Å². The predicted octanol–water partition coefficient (Wildman–Crippen LogP) is 3.52. The molecule has 0 bridgehead atoms. The molecular formula is C22H28N4O3. The van der Waals surface area contributed by atoms with Gasteiger partial charge < -0.3 is 19.4 Å². The molecule has 1 amide bonds. The van der Waals surface area contributed by atoms with E-state index in [1.165, 1.54) is 0 Å². The zero-order chi connectivity index (χ0) is 20.2. The molecule has 154 valence electrons. The van der Waals surface area contributed by atoms with Crippen LogP contribution in [0.15, 0.2) is 35.0 Å². The first-order chi connectivity index (χ1) is 14.1. The standard InChI is InChI=1S/C22H28N4O3/c1-15(2)28-12-6-10-23-22(27)16-7-5-11-26(13-16)21-20-19(24-14-25-21)17-8-3-4-9-18(17)29-20/h3-4,8-9,14-16H,5-7,10-13H2,1-2H3,(H,23,27). The van der Waals surface area contributed by atoms with E-state index in [2.05, 4.69) is 20.2 Å². The van der Waals surface area contributed by atoms with Gasteiger partial charge in [0.15, 0.2) is 11.4 Å². The molecule has 7 heteroatoms. The van der Waals surface area contributed by atoms with Crippen molar-refractivity contribution < 1.29 is 13.9 Å². The Balaban J connectivity index is 1.44. The highest BCUT2D eigenvalue weighted by Crippen LogP contribution is 2.33. The molecule has 1 aliphatic heterocycles. The molecule has 0 spiro atoms. The molecule has 1 aliphatic rings. The Kier molecular flexibility index (Phi) is 5.94. The van der Waals surface area contributed by atoms with E-state index >= 15 is 0 Å². The van der Waals surface area contributed by atoms with Gasteiger partial charge in [0, 0.05) is 31.6 Å². The van der Waals surface area contributed by atoms with Gasteiger partial charge >= 0.3 is 0 Å². The third-order valence-corrected chi connectivity index (χ3v) is 5.30. The number of anilines is 1. The van der Waals surface area contributed by atoms with Crippen LogP contribution in [0.1, 0.15) is 33.1 Å². The van der Waals surface area contributed by atoms with E-state index in [0.717, 1.165) is 48.1 Å². The van der Waals surface area contributed by atoms with Crippen LogP contribution in [0, 0.1) is 5.92 Å². The number of ether oxygens (including phenoxy) is 1. The Hall–Kier alpha value is -2.67. The second-order valence-corrected chi connectivity index (χ2v) is 7.82. The van der Waals surface area contributed by atoms with E-state index in [0.29, 0.717) is 25.3 Å². The average molecular weight is 396 g/mol. The van der Waals surface area contributed by atoms with E-state index < -0.39 is 0 Å². The number of nitrogens with one attached hydrogen (secondary N) is 1. The summed E-state index contributed by atoms with van der Waals surface area (Å²) >= 11 is 0. The summed E-state index contributed by atoms with van der Waals surface area (Å²) in [6.45, 7) is 6.83. The van der Waals surface area contributed by atoms with Gasteiger partial charge in [-0.15, -0.1) is 0 Å². The number of hydrogen-bond acceptors (Lipinski definition) is 6. The van der Waals surface area contributed by atoms with Crippen LogP contribution in [0.3, 0.4) is 0 Å². The Morgan fingerprint density at radius 1 is 1.34 bits per heavy atom. The van der Waals surface area contributed by atoms with Crippen molar-refractivity contribution in [3.05, 3.63) is 30.6 Å². The molecule has 2 aromatic heterocycles. The number of furan rings is 1. The van der Waals surface area contributed by atoms with Gasteiger partial charge in [-0.3, -0.25) is 4.79 Å². The van der Waals surface area contributed by atoms with Gasteiger partial charge in [0.25, 0.3) is 0 Å². The summed E-state index contributed by atoms with van der Waals surface area (Å²) in [7, 11) is 0. The van der Waals surface area contributed by atoms with Crippen LogP contribution in [-0.4, -0.2) is 48.2 Å². The normalized spacial score (nSPS) is 17.3. The Bertz CT molecular complexity index is 985. The summed E-state index contributed by atoms with van der Waals surface area (Å²) < 4.78 is 11.6. The maximum absolute atomic E-state index is 12.6. The summed E-state index contributed by atoms with van der Waals surface area (Å²) in [5.74, 6) is 0.826. The van der Waals surface area contributed by atoms with Crippen molar-refractivity contribution in [2.24, 2.45) is 5.92 Å². The van der Waals surface area contributed by atoms with E-state index in [1.54, 1.807) is 6.33 Å². The van der Waals surface area contributed by atoms with E-state index in [9.17, 15) is 4.79 Å². The largest absolute Gasteiger partial charge is 0.450 e. The number of aromatic nitrogens is 2. The van der Waals surface area contributed by atoms with Crippen molar-refractivity contribution >= 4 is 33.8 Å². The van der Waals surface area contributed by atoms with Crippen LogP contribution < -0.4 is 10.2 Å². The van der Waals surface area contributed by atoms with E-state index in [-0.39, 0.29) is 17.9 Å². The lowest BCUT2D eigenvalue weighted by atomic mass is 9.97. The lowest BCUT2D eigenvalue weighted by molar-refractivity contribution is -0.125. The lowest BCUT2D eigenvalue weighted by Crippen LogP contribution is -2.43. The monoisotopic (exact) mass is 396 g/mol. The third-order valence-electron chi connectivity index (χ3n) is 5.30. The highest BCUT2D eigenvalue weighted by Gasteiger charge is 2.28. The number of carbonyl (C=O) groups is 1. The number of rotatable bonds is 7. The molecule has 1 saturated heterocycles. The number of para-hydroxylation sites is 1. The second-order valence-electron chi connectivity index (χ2n) is 7.82. The second kappa shape index (κ2) is 8.78. The summed E-state index contributed by atoms with van der Waals surface area (Å²) in [6.07, 6.45) is 4.46.